The van der Waals surface area contributed by atoms with E-state index in [1.165, 1.54) is 72.0 Å². The first-order valence-electron chi connectivity index (χ1n) is 21.2. The SMILES string of the molecule is Fc1cc(I)c(-c2cc(CC3Cc4cc(-c5ccccc5)ccc4-c4ccc(C=P)cc43)cc(-n3c4cc(-c5ccccc5)ccc4c4ccc(-c5ccccc5)cc43)c2)c(I)c1. The Morgan fingerprint density at radius 1 is 0.524 bits per heavy atom. The van der Waals surface area contributed by atoms with Gasteiger partial charge in [-0.2, -0.15) is 0 Å². The first-order valence-corrected chi connectivity index (χ1v) is 23.9. The summed E-state index contributed by atoms with van der Waals surface area (Å²) < 4.78 is 19.2. The highest BCUT2D eigenvalue weighted by Crippen LogP contribution is 2.45. The number of fused-ring (bicyclic) bond motifs is 6. The fourth-order valence-electron chi connectivity index (χ4n) is 9.73. The highest BCUT2D eigenvalue weighted by atomic mass is 127. The highest BCUT2D eigenvalue weighted by molar-refractivity contribution is 14.1. The summed E-state index contributed by atoms with van der Waals surface area (Å²) in [6, 6.07) is 70.0. The zero-order valence-corrected chi connectivity index (χ0v) is 39.4. The van der Waals surface area contributed by atoms with E-state index in [-0.39, 0.29) is 11.7 Å². The van der Waals surface area contributed by atoms with Gasteiger partial charge in [0.15, 0.2) is 0 Å². The molecule has 1 aromatic heterocycles. The molecule has 0 amide bonds. The maximum absolute atomic E-state index is 15.0. The van der Waals surface area contributed by atoms with Crippen molar-refractivity contribution in [2.75, 3.05) is 0 Å². The lowest BCUT2D eigenvalue weighted by molar-refractivity contribution is 0.626. The second-order valence-electron chi connectivity index (χ2n) is 16.5. The molecule has 1 aliphatic carbocycles. The molecule has 1 unspecified atom stereocenters. The van der Waals surface area contributed by atoms with Gasteiger partial charge in [0, 0.05) is 29.2 Å². The van der Waals surface area contributed by atoms with E-state index in [0.29, 0.717) is 0 Å². The Hall–Kier alpha value is -5.66. The van der Waals surface area contributed by atoms with Crippen LogP contribution in [0.2, 0.25) is 0 Å². The van der Waals surface area contributed by atoms with E-state index < -0.39 is 0 Å². The molecule has 0 saturated heterocycles. The minimum atomic E-state index is -0.222. The lowest BCUT2D eigenvalue weighted by Crippen LogP contribution is -2.15. The second kappa shape index (κ2) is 16.8. The quantitative estimate of drug-likeness (QED) is 0.106. The van der Waals surface area contributed by atoms with E-state index in [1.54, 1.807) is 12.1 Å². The third kappa shape index (κ3) is 7.56. The van der Waals surface area contributed by atoms with Crippen molar-refractivity contribution in [2.45, 2.75) is 18.8 Å². The maximum atomic E-state index is 15.0. The second-order valence-corrected chi connectivity index (χ2v) is 19.1. The van der Waals surface area contributed by atoms with Gasteiger partial charge in [-0.3, -0.25) is 0 Å². The predicted molar refractivity (Wildman–Crippen MR) is 283 cm³/mol. The van der Waals surface area contributed by atoms with E-state index in [2.05, 4.69) is 241 Å². The molecule has 0 N–H and O–H groups in total. The number of nitrogens with zero attached hydrogens (tertiary/aromatic N) is 1. The number of aromatic nitrogens is 1. The van der Waals surface area contributed by atoms with E-state index in [4.69, 9.17) is 0 Å². The van der Waals surface area contributed by atoms with Crippen LogP contribution in [0, 0.1) is 13.0 Å². The molecule has 0 radical (unpaired) electrons. The first-order chi connectivity index (χ1) is 30.9. The van der Waals surface area contributed by atoms with Gasteiger partial charge < -0.3 is 4.57 Å². The first kappa shape index (κ1) is 40.1. The molecule has 0 spiro atoms. The van der Waals surface area contributed by atoms with Crippen LogP contribution in [0.3, 0.4) is 0 Å². The Bertz CT molecular complexity index is 3280. The van der Waals surface area contributed by atoms with Crippen LogP contribution in [-0.2, 0) is 12.8 Å². The van der Waals surface area contributed by atoms with E-state index >= 15 is 0 Å². The van der Waals surface area contributed by atoms with Crippen molar-refractivity contribution < 1.29 is 4.39 Å². The number of halogens is 3. The van der Waals surface area contributed by atoms with Crippen molar-refractivity contribution in [2.24, 2.45) is 0 Å². The molecule has 1 nitrogen and oxygen atoms in total. The van der Waals surface area contributed by atoms with Crippen LogP contribution >= 0.6 is 54.0 Å². The summed E-state index contributed by atoms with van der Waals surface area (Å²) in [6.07, 6.45) is 1.74. The molecular weight excluding hydrogens is 1010 g/mol. The van der Waals surface area contributed by atoms with Crippen molar-refractivity contribution in [3.05, 3.63) is 229 Å². The molecule has 1 heterocycles. The molecule has 302 valence electrons. The van der Waals surface area contributed by atoms with Crippen molar-refractivity contribution in [3.63, 3.8) is 0 Å². The number of hydrogen-bond acceptors (Lipinski definition) is 0. The molecule has 0 fully saturated rings. The summed E-state index contributed by atoms with van der Waals surface area (Å²) >= 11 is 4.63. The van der Waals surface area contributed by atoms with Gasteiger partial charge in [-0.1, -0.05) is 158 Å². The smallest absolute Gasteiger partial charge is 0.125 e. The van der Waals surface area contributed by atoms with Gasteiger partial charge in [0.1, 0.15) is 5.82 Å². The molecule has 0 bridgehead atoms. The Labute approximate surface area is 396 Å². The normalized spacial score (nSPS) is 13.2. The molecule has 11 rings (SSSR count). The van der Waals surface area contributed by atoms with Gasteiger partial charge >= 0.3 is 0 Å². The molecule has 5 heteroatoms. The molecule has 1 atom stereocenters. The molecule has 9 aromatic carbocycles. The van der Waals surface area contributed by atoms with Gasteiger partial charge in [0.25, 0.3) is 0 Å². The van der Waals surface area contributed by atoms with Crippen LogP contribution < -0.4 is 0 Å². The minimum Gasteiger partial charge on any atom is -0.309 e. The average Bonchev–Trinajstić information content (AvgIpc) is 3.64. The molecule has 63 heavy (non-hydrogen) atoms. The maximum Gasteiger partial charge on any atom is 0.125 e. The van der Waals surface area contributed by atoms with Crippen LogP contribution in [-0.4, -0.2) is 10.4 Å². The lowest BCUT2D eigenvalue weighted by atomic mass is 9.75. The topological polar surface area (TPSA) is 4.93 Å². The summed E-state index contributed by atoms with van der Waals surface area (Å²) in [4.78, 5) is 0. The Morgan fingerprint density at radius 2 is 1.06 bits per heavy atom. The van der Waals surface area contributed by atoms with Crippen LogP contribution in [0.15, 0.2) is 194 Å². The average molecular weight is 1050 g/mol. The highest BCUT2D eigenvalue weighted by Gasteiger charge is 2.27. The van der Waals surface area contributed by atoms with Gasteiger partial charge in [-0.05, 0) is 178 Å². The van der Waals surface area contributed by atoms with Crippen LogP contribution in [0.1, 0.15) is 28.2 Å². The lowest BCUT2D eigenvalue weighted by Gasteiger charge is -2.29. The predicted octanol–water partition coefficient (Wildman–Crippen LogP) is 16.6. The van der Waals surface area contributed by atoms with E-state index in [1.807, 2.05) is 5.80 Å². The molecule has 0 saturated carbocycles. The third-order valence-corrected chi connectivity index (χ3v) is 14.7. The van der Waals surface area contributed by atoms with Crippen LogP contribution in [0.4, 0.5) is 4.39 Å². The standard InChI is InChI=1S/C58H39FI2NP/c59-47-33-54(60)58(55(61)34-47)46-25-37(24-44-29-45-28-41(38-10-4-1-5-11-38)17-21-49(45)50-20-16-36(35-63)27-53(44)50)26-48(30-46)62-56-31-42(39-12-6-2-7-13-39)18-22-51(56)52-23-19-43(32-57(52)62)40-14-8-3-9-15-40/h1-23,25-28,30-35,44,63H,24,29H2. The monoisotopic (exact) mass is 1050 g/mol. The van der Waals surface area contributed by atoms with E-state index in [0.717, 1.165) is 53.4 Å². The van der Waals surface area contributed by atoms with Gasteiger partial charge in [0.2, 0.25) is 0 Å². The van der Waals surface area contributed by atoms with E-state index in [9.17, 15) is 4.39 Å². The number of rotatable bonds is 8. The van der Waals surface area contributed by atoms with Crippen molar-refractivity contribution in [3.8, 4) is 61.3 Å². The molecule has 1 aliphatic rings. The molecule has 10 aromatic rings. The largest absolute Gasteiger partial charge is 0.309 e. The Morgan fingerprint density at radius 3 is 1.63 bits per heavy atom. The zero-order valence-electron chi connectivity index (χ0n) is 34.1. The number of benzene rings is 9. The summed E-state index contributed by atoms with van der Waals surface area (Å²) in [7, 11) is 3.70. The van der Waals surface area contributed by atoms with Crippen LogP contribution in [0.25, 0.3) is 83.1 Å². The van der Waals surface area contributed by atoms with Crippen molar-refractivity contribution >= 4 is 81.6 Å². The van der Waals surface area contributed by atoms with Gasteiger partial charge in [-0.15, -0.1) is 8.86 Å². The summed E-state index contributed by atoms with van der Waals surface area (Å²) in [5.41, 5.74) is 20.4. The van der Waals surface area contributed by atoms with Crippen molar-refractivity contribution in [1.82, 2.24) is 4.57 Å². The summed E-state index contributed by atoms with van der Waals surface area (Å²) in [5, 5.41) is 2.40. The summed E-state index contributed by atoms with van der Waals surface area (Å²) in [5.74, 6) is 2.00. The molecule has 0 aliphatic heterocycles. The minimum absolute atomic E-state index is 0.215. The Balaban J connectivity index is 1.14. The van der Waals surface area contributed by atoms with Gasteiger partial charge in [0.05, 0.1) is 11.0 Å². The third-order valence-electron chi connectivity index (χ3n) is 12.6. The fourth-order valence-corrected chi connectivity index (χ4v) is 12.2. The van der Waals surface area contributed by atoms with Crippen LogP contribution in [0.5, 0.6) is 0 Å². The summed E-state index contributed by atoms with van der Waals surface area (Å²) in [6.45, 7) is 0. The van der Waals surface area contributed by atoms with Crippen molar-refractivity contribution in [1.29, 1.82) is 0 Å². The number of hydrogen-bond donors (Lipinski definition) is 0. The zero-order chi connectivity index (χ0) is 42.6. The fraction of sp³-hybridized carbons (Fsp3) is 0.0517. The van der Waals surface area contributed by atoms with Gasteiger partial charge in [-0.25, -0.2) is 4.39 Å². The Kier molecular flexibility index (Phi) is 10.7. The molecular formula is C58H39FI2NP.